The van der Waals surface area contributed by atoms with Crippen molar-refractivity contribution in [3.8, 4) is 28.6 Å². The minimum absolute atomic E-state index is 0.158. The standard InChI is InChI=1S/C19H22N4O3/c1-3-25-15-9-8-12(11-16(15)26-4-2)17(20)19-21-18(22-23-19)13-6-5-7-14(24)10-13/h5-11,17,24H,3-4,20H2,1-2H3,(H,21,22,23)/t17-/m0/s1. The first kappa shape index (κ1) is 17.8. The zero-order valence-corrected chi connectivity index (χ0v) is 14.8. The topological polar surface area (TPSA) is 106 Å². The lowest BCUT2D eigenvalue weighted by Crippen LogP contribution is -2.14. The Labute approximate surface area is 151 Å². The lowest BCUT2D eigenvalue weighted by Gasteiger charge is -2.14. The van der Waals surface area contributed by atoms with Crippen molar-refractivity contribution in [2.75, 3.05) is 13.2 Å². The number of aromatic hydroxyl groups is 1. The quantitative estimate of drug-likeness (QED) is 0.602. The van der Waals surface area contributed by atoms with E-state index in [4.69, 9.17) is 15.2 Å². The number of H-pyrrole nitrogens is 1. The molecule has 3 rings (SSSR count). The van der Waals surface area contributed by atoms with E-state index >= 15 is 0 Å². The largest absolute Gasteiger partial charge is 0.508 e. The maximum Gasteiger partial charge on any atom is 0.181 e. The lowest BCUT2D eigenvalue weighted by atomic mass is 10.1. The number of phenolic OH excluding ortho intramolecular Hbond substituents is 1. The molecule has 0 spiro atoms. The highest BCUT2D eigenvalue weighted by atomic mass is 16.5. The van der Waals surface area contributed by atoms with E-state index in [2.05, 4.69) is 15.2 Å². The molecule has 4 N–H and O–H groups in total. The summed E-state index contributed by atoms with van der Waals surface area (Å²) in [5.74, 6) is 2.49. The van der Waals surface area contributed by atoms with Crippen molar-refractivity contribution < 1.29 is 14.6 Å². The van der Waals surface area contributed by atoms with Crippen LogP contribution >= 0.6 is 0 Å². The summed E-state index contributed by atoms with van der Waals surface area (Å²) in [5, 5.41) is 16.7. The third-order valence-electron chi connectivity index (χ3n) is 3.83. The highest BCUT2D eigenvalue weighted by Gasteiger charge is 2.17. The van der Waals surface area contributed by atoms with E-state index in [1.807, 2.05) is 38.1 Å². The molecule has 2 aromatic carbocycles. The summed E-state index contributed by atoms with van der Waals surface area (Å²) in [7, 11) is 0. The van der Waals surface area contributed by atoms with Crippen LogP contribution in [-0.2, 0) is 0 Å². The summed E-state index contributed by atoms with van der Waals surface area (Å²) < 4.78 is 11.2. The molecule has 7 nitrogen and oxygen atoms in total. The number of nitrogens with one attached hydrogen (secondary N) is 1. The van der Waals surface area contributed by atoms with E-state index in [-0.39, 0.29) is 5.75 Å². The fourth-order valence-electron chi connectivity index (χ4n) is 2.61. The minimum atomic E-state index is -0.497. The number of aromatic amines is 1. The molecule has 1 heterocycles. The van der Waals surface area contributed by atoms with Gasteiger partial charge in [0.05, 0.1) is 19.3 Å². The second-order valence-electron chi connectivity index (χ2n) is 5.64. The number of phenols is 1. The molecule has 1 aromatic heterocycles. The highest BCUT2D eigenvalue weighted by Crippen LogP contribution is 2.31. The van der Waals surface area contributed by atoms with Gasteiger partial charge in [0.1, 0.15) is 11.6 Å². The zero-order valence-electron chi connectivity index (χ0n) is 14.8. The molecule has 1 atom stereocenters. The lowest BCUT2D eigenvalue weighted by molar-refractivity contribution is 0.287. The number of hydrogen-bond acceptors (Lipinski definition) is 6. The number of nitrogens with zero attached hydrogens (tertiary/aromatic N) is 2. The predicted octanol–water partition coefficient (Wildman–Crippen LogP) is 3.02. The van der Waals surface area contributed by atoms with E-state index in [1.54, 1.807) is 18.2 Å². The number of aromatic nitrogens is 3. The highest BCUT2D eigenvalue weighted by molar-refractivity contribution is 5.57. The second kappa shape index (κ2) is 7.88. The predicted molar refractivity (Wildman–Crippen MR) is 98.3 cm³/mol. The SMILES string of the molecule is CCOc1ccc([C@H](N)c2nc(-c3cccc(O)c3)n[nH]2)cc1OCC. The molecular weight excluding hydrogens is 332 g/mol. The maximum absolute atomic E-state index is 9.60. The van der Waals surface area contributed by atoms with Crippen LogP contribution in [0.3, 0.4) is 0 Å². The van der Waals surface area contributed by atoms with Crippen LogP contribution in [0.1, 0.15) is 31.3 Å². The monoisotopic (exact) mass is 354 g/mol. The number of nitrogens with two attached hydrogens (primary N) is 1. The summed E-state index contributed by atoms with van der Waals surface area (Å²) in [6.45, 7) is 4.93. The van der Waals surface area contributed by atoms with Gasteiger partial charge < -0.3 is 20.3 Å². The Bertz CT molecular complexity index is 879. The van der Waals surface area contributed by atoms with Gasteiger partial charge in [0.15, 0.2) is 17.3 Å². The Kier molecular flexibility index (Phi) is 5.38. The molecule has 7 heteroatoms. The van der Waals surface area contributed by atoms with Crippen LogP contribution in [0.5, 0.6) is 17.2 Å². The van der Waals surface area contributed by atoms with Crippen LogP contribution in [0.2, 0.25) is 0 Å². The molecule has 0 aliphatic carbocycles. The molecule has 0 bridgehead atoms. The second-order valence-corrected chi connectivity index (χ2v) is 5.64. The number of rotatable bonds is 7. The molecule has 0 saturated heterocycles. The van der Waals surface area contributed by atoms with Gasteiger partial charge in [-0.3, -0.25) is 5.10 Å². The van der Waals surface area contributed by atoms with Gasteiger partial charge in [0.25, 0.3) is 0 Å². The molecule has 0 saturated carbocycles. The van der Waals surface area contributed by atoms with Gasteiger partial charge in [-0.15, -0.1) is 0 Å². The van der Waals surface area contributed by atoms with Crippen molar-refractivity contribution in [1.29, 1.82) is 0 Å². The van der Waals surface area contributed by atoms with E-state index in [1.165, 1.54) is 0 Å². The molecule has 0 unspecified atom stereocenters. The molecule has 3 aromatic rings. The molecule has 0 radical (unpaired) electrons. The normalized spacial score (nSPS) is 12.0. The molecule has 136 valence electrons. The average molecular weight is 354 g/mol. The van der Waals surface area contributed by atoms with Gasteiger partial charge in [-0.05, 0) is 43.7 Å². The van der Waals surface area contributed by atoms with Crippen molar-refractivity contribution in [1.82, 2.24) is 15.2 Å². The van der Waals surface area contributed by atoms with Crippen LogP contribution < -0.4 is 15.2 Å². The summed E-state index contributed by atoms with van der Waals surface area (Å²) in [6, 6.07) is 11.8. The molecule has 26 heavy (non-hydrogen) atoms. The van der Waals surface area contributed by atoms with Crippen LogP contribution in [0.25, 0.3) is 11.4 Å². The summed E-state index contributed by atoms with van der Waals surface area (Å²) >= 11 is 0. The molecule has 0 amide bonds. The Balaban J connectivity index is 1.87. The average Bonchev–Trinajstić information content (AvgIpc) is 3.13. The Morgan fingerprint density at radius 1 is 1.08 bits per heavy atom. The van der Waals surface area contributed by atoms with E-state index in [0.717, 1.165) is 5.56 Å². The van der Waals surface area contributed by atoms with Crippen LogP contribution in [-0.4, -0.2) is 33.5 Å². The smallest absolute Gasteiger partial charge is 0.181 e. The Morgan fingerprint density at radius 3 is 2.58 bits per heavy atom. The summed E-state index contributed by atoms with van der Waals surface area (Å²) in [4.78, 5) is 4.46. The van der Waals surface area contributed by atoms with Gasteiger partial charge in [-0.2, -0.15) is 5.10 Å². The van der Waals surface area contributed by atoms with Crippen molar-refractivity contribution >= 4 is 0 Å². The number of benzene rings is 2. The van der Waals surface area contributed by atoms with Gasteiger partial charge in [0, 0.05) is 5.56 Å². The van der Waals surface area contributed by atoms with Gasteiger partial charge in [-0.25, -0.2) is 4.98 Å². The summed E-state index contributed by atoms with van der Waals surface area (Å²) in [5.41, 5.74) is 7.89. The fourth-order valence-corrected chi connectivity index (χ4v) is 2.61. The minimum Gasteiger partial charge on any atom is -0.508 e. The fraction of sp³-hybridized carbons (Fsp3) is 0.263. The molecular formula is C19H22N4O3. The number of hydrogen-bond donors (Lipinski definition) is 3. The zero-order chi connectivity index (χ0) is 18.5. The Hall–Kier alpha value is -3.06. The van der Waals surface area contributed by atoms with Crippen molar-refractivity contribution in [2.45, 2.75) is 19.9 Å². The molecule has 0 fully saturated rings. The molecule has 0 aliphatic heterocycles. The first-order valence-electron chi connectivity index (χ1n) is 8.49. The van der Waals surface area contributed by atoms with Gasteiger partial charge in [-0.1, -0.05) is 18.2 Å². The first-order valence-corrected chi connectivity index (χ1v) is 8.49. The van der Waals surface area contributed by atoms with Crippen LogP contribution in [0.15, 0.2) is 42.5 Å². The number of ether oxygens (including phenoxy) is 2. The van der Waals surface area contributed by atoms with Crippen LogP contribution in [0.4, 0.5) is 0 Å². The van der Waals surface area contributed by atoms with E-state index < -0.39 is 6.04 Å². The van der Waals surface area contributed by atoms with Gasteiger partial charge >= 0.3 is 0 Å². The third kappa shape index (κ3) is 3.78. The van der Waals surface area contributed by atoms with Crippen LogP contribution in [0, 0.1) is 0 Å². The molecule has 0 aliphatic rings. The third-order valence-corrected chi connectivity index (χ3v) is 3.83. The van der Waals surface area contributed by atoms with Crippen molar-refractivity contribution in [3.63, 3.8) is 0 Å². The Morgan fingerprint density at radius 2 is 1.85 bits per heavy atom. The first-order chi connectivity index (χ1) is 12.6. The van der Waals surface area contributed by atoms with E-state index in [0.29, 0.717) is 41.9 Å². The van der Waals surface area contributed by atoms with Crippen molar-refractivity contribution in [2.24, 2.45) is 5.73 Å². The maximum atomic E-state index is 9.60. The van der Waals surface area contributed by atoms with E-state index in [9.17, 15) is 5.11 Å². The summed E-state index contributed by atoms with van der Waals surface area (Å²) in [6.07, 6.45) is 0. The van der Waals surface area contributed by atoms with Crippen molar-refractivity contribution in [3.05, 3.63) is 53.9 Å². The van der Waals surface area contributed by atoms with Gasteiger partial charge in [0.2, 0.25) is 0 Å².